The van der Waals surface area contributed by atoms with Gasteiger partial charge in [-0.1, -0.05) is 27.7 Å². The van der Waals surface area contributed by atoms with E-state index in [1.807, 2.05) is 5.51 Å². The van der Waals surface area contributed by atoms with E-state index < -0.39 is 0 Å². The minimum absolute atomic E-state index is 0.307. The Hall–Kier alpha value is -0.410. The standard InChI is InChI=1S/C13H24N2S/c1-7-11(13(4,5)6)15-10(3)12-9(2)14-8-16-12/h8,10-11,15H,7H2,1-6H3. The minimum atomic E-state index is 0.307. The minimum Gasteiger partial charge on any atom is -0.306 e. The molecule has 0 saturated carbocycles. The van der Waals surface area contributed by atoms with Gasteiger partial charge < -0.3 is 5.32 Å². The molecule has 1 aromatic rings. The van der Waals surface area contributed by atoms with Gasteiger partial charge in [-0.2, -0.15) is 0 Å². The van der Waals surface area contributed by atoms with Crippen LogP contribution in [0.1, 0.15) is 57.7 Å². The zero-order valence-corrected chi connectivity index (χ0v) is 12.1. The highest BCUT2D eigenvalue weighted by Crippen LogP contribution is 2.27. The Morgan fingerprint density at radius 3 is 2.44 bits per heavy atom. The molecule has 1 heterocycles. The van der Waals surface area contributed by atoms with Crippen LogP contribution in [0.2, 0.25) is 0 Å². The van der Waals surface area contributed by atoms with Gasteiger partial charge in [-0.3, -0.25) is 0 Å². The van der Waals surface area contributed by atoms with Crippen LogP contribution in [0.4, 0.5) is 0 Å². The Morgan fingerprint density at radius 1 is 1.44 bits per heavy atom. The lowest BCUT2D eigenvalue weighted by Crippen LogP contribution is -2.41. The SMILES string of the molecule is CCC(NC(C)c1scnc1C)C(C)(C)C. The monoisotopic (exact) mass is 240 g/mol. The number of aromatic nitrogens is 1. The van der Waals surface area contributed by atoms with Crippen molar-refractivity contribution in [3.05, 3.63) is 16.1 Å². The van der Waals surface area contributed by atoms with Gasteiger partial charge in [0.2, 0.25) is 0 Å². The number of nitrogens with zero attached hydrogens (tertiary/aromatic N) is 1. The molecule has 16 heavy (non-hydrogen) atoms. The van der Waals surface area contributed by atoms with Crippen LogP contribution in [0.15, 0.2) is 5.51 Å². The zero-order chi connectivity index (χ0) is 12.3. The molecule has 0 bridgehead atoms. The van der Waals surface area contributed by atoms with Gasteiger partial charge in [0.15, 0.2) is 0 Å². The van der Waals surface area contributed by atoms with Crippen molar-refractivity contribution in [1.82, 2.24) is 10.3 Å². The fourth-order valence-corrected chi connectivity index (χ4v) is 2.90. The van der Waals surface area contributed by atoms with Crippen LogP contribution in [0.25, 0.3) is 0 Å². The third-order valence-corrected chi connectivity index (χ3v) is 4.19. The van der Waals surface area contributed by atoms with Crippen molar-refractivity contribution in [2.75, 3.05) is 0 Å². The number of hydrogen-bond acceptors (Lipinski definition) is 3. The third kappa shape index (κ3) is 3.29. The van der Waals surface area contributed by atoms with Crippen LogP contribution < -0.4 is 5.32 Å². The first-order chi connectivity index (χ1) is 7.36. The molecule has 0 amide bonds. The molecule has 0 spiro atoms. The first-order valence-electron chi connectivity index (χ1n) is 6.02. The van der Waals surface area contributed by atoms with Gasteiger partial charge >= 0.3 is 0 Å². The first-order valence-corrected chi connectivity index (χ1v) is 6.90. The lowest BCUT2D eigenvalue weighted by molar-refractivity contribution is 0.244. The van der Waals surface area contributed by atoms with Crippen LogP contribution in [-0.4, -0.2) is 11.0 Å². The third-order valence-electron chi connectivity index (χ3n) is 3.08. The summed E-state index contributed by atoms with van der Waals surface area (Å²) in [6.45, 7) is 13.4. The molecular formula is C13H24N2S. The molecule has 2 unspecified atom stereocenters. The maximum atomic E-state index is 4.31. The molecule has 0 aliphatic carbocycles. The molecule has 2 nitrogen and oxygen atoms in total. The largest absolute Gasteiger partial charge is 0.306 e. The van der Waals surface area contributed by atoms with Crippen molar-refractivity contribution in [2.45, 2.75) is 60.0 Å². The normalized spacial score (nSPS) is 16.1. The predicted molar refractivity (Wildman–Crippen MR) is 71.9 cm³/mol. The fraction of sp³-hybridized carbons (Fsp3) is 0.769. The van der Waals surface area contributed by atoms with Gasteiger partial charge in [0.05, 0.1) is 11.2 Å². The fourth-order valence-electron chi connectivity index (χ4n) is 2.08. The second kappa shape index (κ2) is 5.28. The van der Waals surface area contributed by atoms with E-state index in [9.17, 15) is 0 Å². The molecular weight excluding hydrogens is 216 g/mol. The van der Waals surface area contributed by atoms with Crippen molar-refractivity contribution in [1.29, 1.82) is 0 Å². The van der Waals surface area contributed by atoms with E-state index in [4.69, 9.17) is 0 Å². The molecule has 1 aromatic heterocycles. The van der Waals surface area contributed by atoms with Crippen LogP contribution in [0.3, 0.4) is 0 Å². The van der Waals surface area contributed by atoms with Crippen molar-refractivity contribution in [3.63, 3.8) is 0 Å². The van der Waals surface area contributed by atoms with Crippen LogP contribution in [-0.2, 0) is 0 Å². The summed E-state index contributed by atoms with van der Waals surface area (Å²) in [5, 5.41) is 3.72. The van der Waals surface area contributed by atoms with Gasteiger partial charge in [-0.05, 0) is 25.7 Å². The number of hydrogen-bond donors (Lipinski definition) is 1. The van der Waals surface area contributed by atoms with E-state index in [1.54, 1.807) is 11.3 Å². The van der Waals surface area contributed by atoms with E-state index in [0.29, 0.717) is 17.5 Å². The van der Waals surface area contributed by atoms with Gasteiger partial charge in [0.25, 0.3) is 0 Å². The van der Waals surface area contributed by atoms with Crippen LogP contribution in [0.5, 0.6) is 0 Å². The zero-order valence-electron chi connectivity index (χ0n) is 11.3. The average molecular weight is 240 g/mol. The summed E-state index contributed by atoms with van der Waals surface area (Å²) >= 11 is 1.75. The number of thiazole rings is 1. The molecule has 1 N–H and O–H groups in total. The van der Waals surface area contributed by atoms with Gasteiger partial charge in [0.1, 0.15) is 0 Å². The lowest BCUT2D eigenvalue weighted by atomic mass is 9.84. The highest BCUT2D eigenvalue weighted by Gasteiger charge is 2.25. The summed E-state index contributed by atoms with van der Waals surface area (Å²) in [4.78, 5) is 5.68. The Morgan fingerprint density at radius 2 is 2.06 bits per heavy atom. The predicted octanol–water partition coefficient (Wildman–Crippen LogP) is 3.93. The summed E-state index contributed by atoms with van der Waals surface area (Å²) in [6.07, 6.45) is 1.16. The summed E-state index contributed by atoms with van der Waals surface area (Å²) in [6, 6.07) is 0.945. The Bertz CT molecular complexity index is 325. The number of rotatable bonds is 4. The number of nitrogens with one attached hydrogen (secondary N) is 1. The maximum Gasteiger partial charge on any atom is 0.0798 e. The average Bonchev–Trinajstić information content (AvgIpc) is 2.58. The molecule has 0 saturated heterocycles. The van der Waals surface area contributed by atoms with Gasteiger partial charge in [-0.25, -0.2) is 4.98 Å². The Labute approximate surface area is 103 Å². The van der Waals surface area contributed by atoms with E-state index in [2.05, 4.69) is 51.8 Å². The highest BCUT2D eigenvalue weighted by atomic mass is 32.1. The van der Waals surface area contributed by atoms with E-state index in [0.717, 1.165) is 12.1 Å². The molecule has 0 aliphatic rings. The van der Waals surface area contributed by atoms with E-state index in [1.165, 1.54) is 4.88 Å². The van der Waals surface area contributed by atoms with Crippen molar-refractivity contribution < 1.29 is 0 Å². The Kier molecular flexibility index (Phi) is 4.51. The quantitative estimate of drug-likeness (QED) is 0.862. The maximum absolute atomic E-state index is 4.31. The summed E-state index contributed by atoms with van der Waals surface area (Å²) in [5.41, 5.74) is 3.40. The molecule has 1 rings (SSSR count). The van der Waals surface area contributed by atoms with Crippen molar-refractivity contribution in [2.24, 2.45) is 5.41 Å². The van der Waals surface area contributed by atoms with Crippen molar-refractivity contribution >= 4 is 11.3 Å². The molecule has 0 aromatic carbocycles. The summed E-state index contributed by atoms with van der Waals surface area (Å²) in [5.74, 6) is 0. The van der Waals surface area contributed by atoms with Crippen molar-refractivity contribution in [3.8, 4) is 0 Å². The summed E-state index contributed by atoms with van der Waals surface area (Å²) in [7, 11) is 0. The smallest absolute Gasteiger partial charge is 0.0798 e. The van der Waals surface area contributed by atoms with E-state index >= 15 is 0 Å². The molecule has 3 heteroatoms. The summed E-state index contributed by atoms with van der Waals surface area (Å²) < 4.78 is 0. The van der Waals surface area contributed by atoms with Crippen LogP contribution >= 0.6 is 11.3 Å². The topological polar surface area (TPSA) is 24.9 Å². The van der Waals surface area contributed by atoms with Gasteiger partial charge in [-0.15, -0.1) is 11.3 Å². The molecule has 0 radical (unpaired) electrons. The molecule has 92 valence electrons. The second-order valence-corrected chi connectivity index (χ2v) is 6.40. The molecule has 0 aliphatic heterocycles. The first kappa shape index (κ1) is 13.7. The Balaban J connectivity index is 2.70. The van der Waals surface area contributed by atoms with Crippen LogP contribution in [0, 0.1) is 12.3 Å². The molecule has 2 atom stereocenters. The lowest BCUT2D eigenvalue weighted by Gasteiger charge is -2.33. The van der Waals surface area contributed by atoms with E-state index in [-0.39, 0.29) is 0 Å². The number of aryl methyl sites for hydroxylation is 1. The van der Waals surface area contributed by atoms with Gasteiger partial charge in [0, 0.05) is 17.0 Å². The molecule has 0 fully saturated rings. The highest BCUT2D eigenvalue weighted by molar-refractivity contribution is 7.09. The second-order valence-electron chi connectivity index (χ2n) is 5.52.